The molecule has 0 bridgehead atoms. The third kappa shape index (κ3) is 1.18. The van der Waals surface area contributed by atoms with Gasteiger partial charge in [-0.15, -0.1) is 0 Å². The van der Waals surface area contributed by atoms with Gasteiger partial charge in [-0.25, -0.2) is 8.42 Å². The maximum atomic E-state index is 10.8. The molecule has 0 aromatic heterocycles. The maximum Gasteiger partial charge on any atom is 0.180 e. The molecule has 0 N–H and O–H groups in total. The van der Waals surface area contributed by atoms with Crippen molar-refractivity contribution < 1.29 is 8.42 Å². The van der Waals surface area contributed by atoms with Gasteiger partial charge in [-0.05, 0) is 6.92 Å². The van der Waals surface area contributed by atoms with Gasteiger partial charge in [-0.1, -0.05) is 0 Å². The van der Waals surface area contributed by atoms with Crippen molar-refractivity contribution in [3.8, 4) is 0 Å². The summed E-state index contributed by atoms with van der Waals surface area (Å²) in [7, 11) is -2.95. The molecule has 0 saturated heterocycles. The van der Waals surface area contributed by atoms with E-state index in [9.17, 15) is 8.42 Å². The van der Waals surface area contributed by atoms with Crippen LogP contribution in [0.2, 0.25) is 0 Å². The molecule has 1 rings (SSSR count). The number of sulfone groups is 1. The van der Waals surface area contributed by atoms with Crippen molar-refractivity contribution in [2.24, 2.45) is 4.99 Å². The van der Waals surface area contributed by atoms with E-state index in [1.165, 1.54) is 12.4 Å². The van der Waals surface area contributed by atoms with Crippen LogP contribution in [0.15, 0.2) is 16.1 Å². The molecule has 1 heterocycles. The standard InChI is InChI=1S/C5H7NO2S/c1-5-4-6-2-3-9(5,7)8/h2,4H,3H2,1H3. The molecular formula is C5H7NO2S. The van der Waals surface area contributed by atoms with Crippen LogP contribution in [0.4, 0.5) is 0 Å². The summed E-state index contributed by atoms with van der Waals surface area (Å²) in [4.78, 5) is 4.04. The van der Waals surface area contributed by atoms with E-state index in [-0.39, 0.29) is 5.75 Å². The lowest BCUT2D eigenvalue weighted by molar-refractivity contribution is 0.605. The Morgan fingerprint density at radius 3 is 2.67 bits per heavy atom. The third-order valence-electron chi connectivity index (χ3n) is 1.15. The van der Waals surface area contributed by atoms with Crippen LogP contribution in [0.25, 0.3) is 0 Å². The van der Waals surface area contributed by atoms with Gasteiger partial charge in [0.1, 0.15) is 0 Å². The summed E-state index contributed by atoms with van der Waals surface area (Å²) in [5, 5.41) is 0. The molecule has 0 spiro atoms. The number of rotatable bonds is 0. The molecule has 0 aromatic rings. The van der Waals surface area contributed by atoms with E-state index in [0.29, 0.717) is 4.91 Å². The lowest BCUT2D eigenvalue weighted by Gasteiger charge is -2.01. The second kappa shape index (κ2) is 1.95. The second-order valence-electron chi connectivity index (χ2n) is 1.85. The van der Waals surface area contributed by atoms with Crippen molar-refractivity contribution in [1.29, 1.82) is 0 Å². The van der Waals surface area contributed by atoms with Gasteiger partial charge in [-0.2, -0.15) is 0 Å². The molecule has 1 aliphatic rings. The average molecular weight is 145 g/mol. The Morgan fingerprint density at radius 1 is 1.67 bits per heavy atom. The normalized spacial score (nSPS) is 23.4. The summed E-state index contributed by atoms with van der Waals surface area (Å²) in [6.07, 6.45) is 2.75. The summed E-state index contributed by atoms with van der Waals surface area (Å²) in [6, 6.07) is 0. The molecule has 0 aliphatic carbocycles. The maximum absolute atomic E-state index is 10.8. The van der Waals surface area contributed by atoms with Crippen molar-refractivity contribution in [2.45, 2.75) is 6.92 Å². The monoisotopic (exact) mass is 145 g/mol. The molecule has 9 heavy (non-hydrogen) atoms. The smallest absolute Gasteiger partial charge is 0.180 e. The van der Waals surface area contributed by atoms with Crippen molar-refractivity contribution in [3.63, 3.8) is 0 Å². The molecule has 3 nitrogen and oxygen atoms in total. The fraction of sp³-hybridized carbons (Fsp3) is 0.400. The lowest BCUT2D eigenvalue weighted by Crippen LogP contribution is -2.10. The molecule has 50 valence electrons. The first-order valence-electron chi connectivity index (χ1n) is 2.54. The number of hydrogen-bond acceptors (Lipinski definition) is 3. The molecule has 0 saturated carbocycles. The van der Waals surface area contributed by atoms with E-state index in [4.69, 9.17) is 0 Å². The van der Waals surface area contributed by atoms with Crippen molar-refractivity contribution >= 4 is 16.1 Å². The topological polar surface area (TPSA) is 46.5 Å². The van der Waals surface area contributed by atoms with Gasteiger partial charge in [0.05, 0.1) is 10.7 Å². The van der Waals surface area contributed by atoms with Gasteiger partial charge in [0, 0.05) is 12.4 Å². The quantitative estimate of drug-likeness (QED) is 0.493. The first kappa shape index (κ1) is 6.48. The molecule has 4 heteroatoms. The minimum absolute atomic E-state index is 0.0509. The van der Waals surface area contributed by atoms with E-state index in [0.717, 1.165) is 0 Å². The molecule has 0 fully saturated rings. The van der Waals surface area contributed by atoms with Crippen LogP contribution in [0, 0.1) is 0 Å². The van der Waals surface area contributed by atoms with Gasteiger partial charge < -0.3 is 0 Å². The fourth-order valence-corrected chi connectivity index (χ4v) is 1.28. The Bertz CT molecular complexity index is 261. The Hall–Kier alpha value is -0.640. The summed E-state index contributed by atoms with van der Waals surface area (Å²) in [5.74, 6) is 0.0509. The van der Waals surface area contributed by atoms with Gasteiger partial charge in [-0.3, -0.25) is 4.99 Å². The van der Waals surface area contributed by atoms with Crippen LogP contribution >= 0.6 is 0 Å². The van der Waals surface area contributed by atoms with E-state index >= 15 is 0 Å². The highest BCUT2D eigenvalue weighted by molar-refractivity contribution is 7.95. The van der Waals surface area contributed by atoms with E-state index in [1.807, 2.05) is 0 Å². The van der Waals surface area contributed by atoms with Crippen LogP contribution in [0.1, 0.15) is 6.92 Å². The predicted molar refractivity (Wildman–Crippen MR) is 36.0 cm³/mol. The Labute approximate surface area is 54.0 Å². The van der Waals surface area contributed by atoms with Gasteiger partial charge in [0.15, 0.2) is 9.84 Å². The zero-order chi connectivity index (χ0) is 6.91. The Balaban J connectivity index is 3.12. The van der Waals surface area contributed by atoms with Gasteiger partial charge in [0.2, 0.25) is 0 Å². The van der Waals surface area contributed by atoms with Crippen molar-refractivity contribution in [3.05, 3.63) is 11.1 Å². The SMILES string of the molecule is CC1=CN=CCS1(=O)=O. The average Bonchev–Trinajstić information content (AvgIpc) is 1.77. The largest absolute Gasteiger partial charge is 0.267 e. The third-order valence-corrected chi connectivity index (χ3v) is 2.82. The van der Waals surface area contributed by atoms with Gasteiger partial charge in [0.25, 0.3) is 0 Å². The molecule has 0 radical (unpaired) electrons. The van der Waals surface area contributed by atoms with Crippen LogP contribution in [-0.2, 0) is 9.84 Å². The highest BCUT2D eigenvalue weighted by Crippen LogP contribution is 2.08. The van der Waals surface area contributed by atoms with Crippen LogP contribution in [0.3, 0.4) is 0 Å². The lowest BCUT2D eigenvalue weighted by atomic mass is 10.7. The van der Waals surface area contributed by atoms with Crippen molar-refractivity contribution in [2.75, 3.05) is 5.75 Å². The molecule has 0 aromatic carbocycles. The van der Waals surface area contributed by atoms with Crippen LogP contribution < -0.4 is 0 Å². The summed E-state index contributed by atoms with van der Waals surface area (Å²) < 4.78 is 21.6. The molecule has 0 unspecified atom stereocenters. The van der Waals surface area contributed by atoms with Crippen LogP contribution in [-0.4, -0.2) is 20.4 Å². The molecule has 0 amide bonds. The minimum atomic E-state index is -2.95. The van der Waals surface area contributed by atoms with E-state index in [1.54, 1.807) is 6.92 Å². The predicted octanol–water partition coefficient (Wildman–Crippen LogP) is 0.347. The zero-order valence-corrected chi connectivity index (χ0v) is 5.85. The first-order valence-corrected chi connectivity index (χ1v) is 4.19. The summed E-state index contributed by atoms with van der Waals surface area (Å²) in [5.41, 5.74) is 0. The first-order chi connectivity index (χ1) is 4.13. The highest BCUT2D eigenvalue weighted by atomic mass is 32.2. The summed E-state index contributed by atoms with van der Waals surface area (Å²) in [6.45, 7) is 1.55. The fourth-order valence-electron chi connectivity index (χ4n) is 0.511. The van der Waals surface area contributed by atoms with Crippen molar-refractivity contribution in [1.82, 2.24) is 0 Å². The minimum Gasteiger partial charge on any atom is -0.267 e. The van der Waals surface area contributed by atoms with Crippen LogP contribution in [0.5, 0.6) is 0 Å². The number of allylic oxidation sites excluding steroid dienone is 1. The second-order valence-corrected chi connectivity index (χ2v) is 4.06. The molecule has 1 aliphatic heterocycles. The number of nitrogens with zero attached hydrogens (tertiary/aromatic N) is 1. The summed E-state index contributed by atoms with van der Waals surface area (Å²) >= 11 is 0. The van der Waals surface area contributed by atoms with Gasteiger partial charge >= 0.3 is 0 Å². The Morgan fingerprint density at radius 2 is 2.33 bits per heavy atom. The number of aliphatic imine (C=N–C) groups is 1. The van der Waals surface area contributed by atoms with E-state index < -0.39 is 9.84 Å². The number of hydrogen-bond donors (Lipinski definition) is 0. The zero-order valence-electron chi connectivity index (χ0n) is 5.03. The van der Waals surface area contributed by atoms with E-state index in [2.05, 4.69) is 4.99 Å². The molecule has 0 atom stereocenters. The highest BCUT2D eigenvalue weighted by Gasteiger charge is 2.13. The Kier molecular flexibility index (Phi) is 1.40. The molecular weight excluding hydrogens is 138 g/mol.